The van der Waals surface area contributed by atoms with Gasteiger partial charge in [-0.2, -0.15) is 0 Å². The largest absolute Gasteiger partial charge is 0.373 e. The summed E-state index contributed by atoms with van der Waals surface area (Å²) in [4.78, 5) is 0. The van der Waals surface area contributed by atoms with E-state index < -0.39 is 5.60 Å². The van der Waals surface area contributed by atoms with Crippen molar-refractivity contribution in [2.75, 3.05) is 0 Å². The molecule has 88 valence electrons. The Morgan fingerprint density at radius 2 is 1.83 bits per heavy atom. The molecular formula is C16H11FO. The first kappa shape index (κ1) is 11.0. The number of hydrogen-bond acceptors (Lipinski definition) is 1. The molecule has 1 N–H and O–H groups in total. The van der Waals surface area contributed by atoms with Crippen LogP contribution in [0.4, 0.5) is 4.39 Å². The molecule has 0 fully saturated rings. The van der Waals surface area contributed by atoms with Crippen molar-refractivity contribution in [3.8, 4) is 11.8 Å². The summed E-state index contributed by atoms with van der Waals surface area (Å²) < 4.78 is 13.6. The number of benzene rings is 2. The third-order valence-corrected chi connectivity index (χ3v) is 3.15. The van der Waals surface area contributed by atoms with Crippen molar-refractivity contribution in [2.24, 2.45) is 0 Å². The van der Waals surface area contributed by atoms with E-state index in [4.69, 9.17) is 0 Å². The molecule has 1 nitrogen and oxygen atoms in total. The summed E-state index contributed by atoms with van der Waals surface area (Å²) in [6.07, 6.45) is 0.389. The molecule has 1 aliphatic carbocycles. The lowest BCUT2D eigenvalue weighted by atomic mass is 9.73. The molecule has 0 radical (unpaired) electrons. The molecule has 0 aliphatic heterocycles. The van der Waals surface area contributed by atoms with Crippen molar-refractivity contribution in [1.82, 2.24) is 0 Å². The van der Waals surface area contributed by atoms with Gasteiger partial charge in [-0.15, -0.1) is 0 Å². The fourth-order valence-electron chi connectivity index (χ4n) is 2.24. The molecule has 2 heteroatoms. The Morgan fingerprint density at radius 1 is 1.06 bits per heavy atom. The van der Waals surface area contributed by atoms with Gasteiger partial charge in [-0.3, -0.25) is 0 Å². The van der Waals surface area contributed by atoms with Crippen LogP contribution in [0.3, 0.4) is 0 Å². The smallest absolute Gasteiger partial charge is 0.158 e. The van der Waals surface area contributed by atoms with Gasteiger partial charge in [-0.05, 0) is 23.8 Å². The Hall–Kier alpha value is -2.11. The summed E-state index contributed by atoms with van der Waals surface area (Å²) >= 11 is 0. The Kier molecular flexibility index (Phi) is 2.43. The first-order chi connectivity index (χ1) is 8.69. The van der Waals surface area contributed by atoms with Crippen LogP contribution in [0, 0.1) is 17.7 Å². The Morgan fingerprint density at radius 3 is 2.56 bits per heavy atom. The maximum absolute atomic E-state index is 13.6. The highest BCUT2D eigenvalue weighted by Gasteiger charge is 2.42. The lowest BCUT2D eigenvalue weighted by Gasteiger charge is -2.35. The predicted octanol–water partition coefficient (Wildman–Crippen LogP) is 2.62. The van der Waals surface area contributed by atoms with Crippen LogP contribution >= 0.6 is 0 Å². The van der Waals surface area contributed by atoms with E-state index in [0.29, 0.717) is 12.0 Å². The van der Waals surface area contributed by atoms with E-state index in [2.05, 4.69) is 11.8 Å². The zero-order valence-corrected chi connectivity index (χ0v) is 9.65. The number of rotatable bonds is 0. The van der Waals surface area contributed by atoms with Gasteiger partial charge in [-0.25, -0.2) is 4.39 Å². The molecule has 2 aromatic carbocycles. The minimum atomic E-state index is -1.34. The molecule has 1 unspecified atom stereocenters. The predicted molar refractivity (Wildman–Crippen MR) is 67.3 cm³/mol. The monoisotopic (exact) mass is 238 g/mol. The normalized spacial score (nSPS) is 20.3. The van der Waals surface area contributed by atoms with Gasteiger partial charge in [0, 0.05) is 17.5 Å². The van der Waals surface area contributed by atoms with Gasteiger partial charge in [0.25, 0.3) is 0 Å². The molecule has 0 aromatic heterocycles. The van der Waals surface area contributed by atoms with E-state index in [9.17, 15) is 9.50 Å². The first-order valence-electron chi connectivity index (χ1n) is 5.77. The van der Waals surface area contributed by atoms with Crippen LogP contribution in [0.25, 0.3) is 0 Å². The number of halogens is 1. The van der Waals surface area contributed by atoms with E-state index in [1.807, 2.05) is 36.4 Å². The summed E-state index contributed by atoms with van der Waals surface area (Å²) in [5.74, 6) is 5.28. The SMILES string of the molecule is OC1(C#Cc2ccccc2)Cc2cccc(F)c21. The molecule has 0 saturated heterocycles. The third kappa shape index (κ3) is 1.70. The Bertz CT molecular complexity index is 638. The maximum Gasteiger partial charge on any atom is 0.158 e. The van der Waals surface area contributed by atoms with Crippen molar-refractivity contribution in [3.63, 3.8) is 0 Å². The molecular weight excluding hydrogens is 227 g/mol. The van der Waals surface area contributed by atoms with Crippen LogP contribution in [-0.4, -0.2) is 5.11 Å². The highest BCUT2D eigenvalue weighted by Crippen LogP contribution is 2.40. The summed E-state index contributed by atoms with van der Waals surface area (Å²) in [5.41, 5.74) is 0.639. The summed E-state index contributed by atoms with van der Waals surface area (Å²) in [6, 6.07) is 14.2. The number of aliphatic hydroxyl groups is 1. The van der Waals surface area contributed by atoms with Gasteiger partial charge in [0.1, 0.15) is 5.82 Å². The first-order valence-corrected chi connectivity index (χ1v) is 5.77. The molecule has 1 aliphatic rings. The van der Waals surface area contributed by atoms with Crippen molar-refractivity contribution in [3.05, 3.63) is 71.0 Å². The molecule has 1 atom stereocenters. The average Bonchev–Trinajstić information content (AvgIpc) is 2.36. The maximum atomic E-state index is 13.6. The van der Waals surface area contributed by atoms with E-state index >= 15 is 0 Å². The van der Waals surface area contributed by atoms with Gasteiger partial charge in [0.15, 0.2) is 5.60 Å². The van der Waals surface area contributed by atoms with Gasteiger partial charge < -0.3 is 5.11 Å². The second kappa shape index (κ2) is 3.97. The third-order valence-electron chi connectivity index (χ3n) is 3.15. The zero-order chi connectivity index (χ0) is 12.6. The molecule has 0 saturated carbocycles. The van der Waals surface area contributed by atoms with E-state index in [1.165, 1.54) is 6.07 Å². The Labute approximate surface area is 105 Å². The van der Waals surface area contributed by atoms with Gasteiger partial charge in [-0.1, -0.05) is 42.2 Å². The van der Waals surface area contributed by atoms with Crippen LogP contribution in [0.2, 0.25) is 0 Å². The minimum Gasteiger partial charge on any atom is -0.373 e. The second-order valence-electron chi connectivity index (χ2n) is 4.43. The summed E-state index contributed by atoms with van der Waals surface area (Å²) in [6.45, 7) is 0. The molecule has 3 rings (SSSR count). The summed E-state index contributed by atoms with van der Waals surface area (Å²) in [5, 5.41) is 10.3. The molecule has 0 amide bonds. The Balaban J connectivity index is 1.97. The molecule has 18 heavy (non-hydrogen) atoms. The van der Waals surface area contributed by atoms with Crippen molar-refractivity contribution < 1.29 is 9.50 Å². The number of hydrogen-bond donors (Lipinski definition) is 1. The van der Waals surface area contributed by atoms with Crippen LogP contribution in [0.1, 0.15) is 16.7 Å². The van der Waals surface area contributed by atoms with Gasteiger partial charge in [0.2, 0.25) is 0 Å². The fourth-order valence-corrected chi connectivity index (χ4v) is 2.24. The van der Waals surface area contributed by atoms with Crippen LogP contribution in [0.15, 0.2) is 48.5 Å². The van der Waals surface area contributed by atoms with Crippen LogP contribution in [-0.2, 0) is 12.0 Å². The standard InChI is InChI=1S/C16H11FO/c17-14-8-4-7-13-11-16(18,15(13)14)10-9-12-5-2-1-3-6-12/h1-8,18H,11H2. The number of fused-ring (bicyclic) bond motifs is 1. The van der Waals surface area contributed by atoms with Crippen LogP contribution in [0.5, 0.6) is 0 Å². The molecule has 2 aromatic rings. The highest BCUT2D eigenvalue weighted by molar-refractivity contribution is 5.51. The lowest BCUT2D eigenvalue weighted by Crippen LogP contribution is -2.38. The highest BCUT2D eigenvalue weighted by atomic mass is 19.1. The van der Waals surface area contributed by atoms with E-state index in [0.717, 1.165) is 11.1 Å². The van der Waals surface area contributed by atoms with Gasteiger partial charge >= 0.3 is 0 Å². The second-order valence-corrected chi connectivity index (χ2v) is 4.43. The average molecular weight is 238 g/mol. The fraction of sp³-hybridized carbons (Fsp3) is 0.125. The van der Waals surface area contributed by atoms with Crippen molar-refractivity contribution in [1.29, 1.82) is 0 Å². The van der Waals surface area contributed by atoms with Gasteiger partial charge in [0.05, 0.1) is 0 Å². The minimum absolute atomic E-state index is 0.327. The zero-order valence-electron chi connectivity index (χ0n) is 9.65. The lowest BCUT2D eigenvalue weighted by molar-refractivity contribution is 0.0705. The molecule has 0 heterocycles. The molecule has 0 spiro atoms. The molecule has 0 bridgehead atoms. The quantitative estimate of drug-likeness (QED) is 0.699. The summed E-state index contributed by atoms with van der Waals surface area (Å²) in [7, 11) is 0. The van der Waals surface area contributed by atoms with E-state index in [-0.39, 0.29) is 5.82 Å². The topological polar surface area (TPSA) is 20.2 Å². The van der Waals surface area contributed by atoms with Crippen molar-refractivity contribution >= 4 is 0 Å². The van der Waals surface area contributed by atoms with Crippen LogP contribution < -0.4 is 0 Å². The van der Waals surface area contributed by atoms with E-state index in [1.54, 1.807) is 6.07 Å². The van der Waals surface area contributed by atoms with Crippen molar-refractivity contribution in [2.45, 2.75) is 12.0 Å².